The van der Waals surface area contributed by atoms with Gasteiger partial charge in [0, 0.05) is 6.54 Å². The van der Waals surface area contributed by atoms with Crippen LogP contribution in [0.25, 0.3) is 0 Å². The number of aliphatic carboxylic acids is 1. The first-order chi connectivity index (χ1) is 7.70. The highest BCUT2D eigenvalue weighted by Crippen LogP contribution is 2.25. The molecule has 1 aromatic rings. The van der Waals surface area contributed by atoms with Gasteiger partial charge in [0.25, 0.3) is 0 Å². The summed E-state index contributed by atoms with van der Waals surface area (Å²) in [4.78, 5) is 33.6. The van der Waals surface area contributed by atoms with Crippen LogP contribution >= 0.6 is 0 Å². The highest BCUT2D eigenvalue weighted by atomic mass is 16.4. The minimum Gasteiger partial charge on any atom is -0.481 e. The zero-order valence-corrected chi connectivity index (χ0v) is 10.1. The lowest BCUT2D eigenvalue weighted by molar-refractivity contribution is -0.143. The van der Waals surface area contributed by atoms with E-state index < -0.39 is 23.3 Å². The van der Waals surface area contributed by atoms with E-state index in [2.05, 4.69) is 10.2 Å². The minimum atomic E-state index is -1.01. The molecule has 17 heavy (non-hydrogen) atoms. The fourth-order valence-corrected chi connectivity index (χ4v) is 1.69. The van der Waals surface area contributed by atoms with Crippen LogP contribution in [-0.2, 0) is 11.3 Å². The number of aromatic amines is 2. The first kappa shape index (κ1) is 13.3. The van der Waals surface area contributed by atoms with Crippen LogP contribution in [0.1, 0.15) is 27.2 Å². The molecule has 0 aliphatic rings. The number of carbonyl (C=O) groups is 1. The van der Waals surface area contributed by atoms with Crippen molar-refractivity contribution < 1.29 is 9.90 Å². The maximum atomic E-state index is 11.2. The van der Waals surface area contributed by atoms with Gasteiger partial charge >= 0.3 is 17.3 Å². The predicted octanol–water partition coefficient (Wildman–Crippen LogP) is 0.00170. The molecule has 0 saturated heterocycles. The van der Waals surface area contributed by atoms with Crippen molar-refractivity contribution in [1.29, 1.82) is 0 Å². The van der Waals surface area contributed by atoms with Crippen molar-refractivity contribution in [2.75, 3.05) is 0 Å². The summed E-state index contributed by atoms with van der Waals surface area (Å²) < 4.78 is 0.866. The van der Waals surface area contributed by atoms with Gasteiger partial charge in [0.15, 0.2) is 0 Å². The van der Waals surface area contributed by atoms with Crippen molar-refractivity contribution in [2.24, 2.45) is 11.3 Å². The van der Waals surface area contributed by atoms with E-state index in [1.54, 1.807) is 0 Å². The zero-order valence-electron chi connectivity index (χ0n) is 10.1. The fraction of sp³-hybridized carbons (Fsp3) is 0.700. The van der Waals surface area contributed by atoms with E-state index in [0.29, 0.717) is 6.42 Å². The first-order valence-corrected chi connectivity index (χ1v) is 5.31. The lowest BCUT2D eigenvalue weighted by Gasteiger charge is -2.22. The molecule has 3 N–H and O–H groups in total. The van der Waals surface area contributed by atoms with Crippen LogP contribution in [0.5, 0.6) is 0 Å². The number of carboxylic acid groups (broad SMARTS) is 1. The molecule has 0 amide bonds. The van der Waals surface area contributed by atoms with Gasteiger partial charge in [0.05, 0.1) is 5.92 Å². The first-order valence-electron chi connectivity index (χ1n) is 5.31. The Morgan fingerprint density at radius 1 is 1.29 bits per heavy atom. The van der Waals surface area contributed by atoms with E-state index >= 15 is 0 Å². The number of nitrogens with zero attached hydrogens (tertiary/aromatic N) is 1. The van der Waals surface area contributed by atoms with Crippen molar-refractivity contribution in [2.45, 2.75) is 33.7 Å². The number of H-pyrrole nitrogens is 2. The third-order valence-corrected chi connectivity index (χ3v) is 2.38. The Balaban J connectivity index is 2.93. The number of rotatable bonds is 4. The summed E-state index contributed by atoms with van der Waals surface area (Å²) in [5.74, 6) is -1.77. The van der Waals surface area contributed by atoms with Crippen molar-refractivity contribution in [3.05, 3.63) is 21.0 Å². The van der Waals surface area contributed by atoms with E-state index in [4.69, 9.17) is 5.11 Å². The fourth-order valence-electron chi connectivity index (χ4n) is 1.69. The molecule has 7 nitrogen and oxygen atoms in total. The third-order valence-electron chi connectivity index (χ3n) is 2.38. The number of hydrogen-bond donors (Lipinski definition) is 3. The Bertz CT molecular complexity index is 475. The molecule has 0 fully saturated rings. The number of hydrogen-bond acceptors (Lipinski definition) is 3. The molecule has 0 radical (unpaired) electrons. The van der Waals surface area contributed by atoms with E-state index in [1.807, 2.05) is 20.8 Å². The molecule has 1 unspecified atom stereocenters. The smallest absolute Gasteiger partial charge is 0.344 e. The van der Waals surface area contributed by atoms with Crippen LogP contribution in [0.4, 0.5) is 0 Å². The number of nitrogens with one attached hydrogen (secondary N) is 2. The molecular weight excluding hydrogens is 226 g/mol. The Labute approximate surface area is 97.5 Å². The zero-order chi connectivity index (χ0) is 13.2. The summed E-state index contributed by atoms with van der Waals surface area (Å²) in [6.07, 6.45) is 0.388. The maximum absolute atomic E-state index is 11.2. The molecule has 1 heterocycles. The van der Waals surface area contributed by atoms with Gasteiger partial charge < -0.3 is 5.11 Å². The highest BCUT2D eigenvalue weighted by molar-refractivity contribution is 5.69. The lowest BCUT2D eigenvalue weighted by atomic mass is 9.84. The molecule has 0 aromatic carbocycles. The second-order valence-electron chi connectivity index (χ2n) is 5.27. The van der Waals surface area contributed by atoms with E-state index in [0.717, 1.165) is 4.57 Å². The van der Waals surface area contributed by atoms with Gasteiger partial charge in [-0.2, -0.15) is 0 Å². The molecular formula is C10H17N3O4. The molecule has 7 heteroatoms. The summed E-state index contributed by atoms with van der Waals surface area (Å²) >= 11 is 0. The quantitative estimate of drug-likeness (QED) is 0.691. The molecule has 0 spiro atoms. The van der Waals surface area contributed by atoms with Crippen LogP contribution in [-0.4, -0.2) is 25.8 Å². The van der Waals surface area contributed by atoms with Crippen molar-refractivity contribution in [1.82, 2.24) is 14.8 Å². The molecule has 0 bridgehead atoms. The topological polar surface area (TPSA) is 108 Å². The van der Waals surface area contributed by atoms with E-state index in [-0.39, 0.29) is 12.0 Å². The van der Waals surface area contributed by atoms with Gasteiger partial charge in [0.1, 0.15) is 0 Å². The standard InChI is InChI=1S/C10H17N3O4/c1-10(2,3)4-6(7(14)15)5-13-8(16)11-12-9(13)17/h6H,4-5H2,1-3H3,(H,11,16)(H,12,17)(H,14,15). The monoisotopic (exact) mass is 243 g/mol. The molecule has 1 rings (SSSR count). The van der Waals surface area contributed by atoms with Gasteiger partial charge in [-0.15, -0.1) is 0 Å². The molecule has 0 aliphatic carbocycles. The largest absolute Gasteiger partial charge is 0.481 e. The summed E-state index contributed by atoms with van der Waals surface area (Å²) in [6.45, 7) is 5.61. The SMILES string of the molecule is CC(C)(C)CC(Cn1c(=O)[nH][nH]c1=O)C(=O)O. The highest BCUT2D eigenvalue weighted by Gasteiger charge is 2.26. The van der Waals surface area contributed by atoms with Crippen LogP contribution in [0.2, 0.25) is 0 Å². The van der Waals surface area contributed by atoms with E-state index in [9.17, 15) is 14.4 Å². The summed E-state index contributed by atoms with van der Waals surface area (Å²) in [5, 5.41) is 13.3. The number of carboxylic acids is 1. The van der Waals surface area contributed by atoms with Crippen LogP contribution in [0.15, 0.2) is 9.59 Å². The molecule has 0 saturated carbocycles. The third kappa shape index (κ3) is 3.61. The van der Waals surface area contributed by atoms with Gasteiger partial charge in [-0.1, -0.05) is 20.8 Å². The molecule has 0 aliphatic heterocycles. The second-order valence-corrected chi connectivity index (χ2v) is 5.27. The van der Waals surface area contributed by atoms with Crippen molar-refractivity contribution in [3.8, 4) is 0 Å². The average Bonchev–Trinajstić information content (AvgIpc) is 2.45. The second kappa shape index (κ2) is 4.60. The Morgan fingerprint density at radius 3 is 2.12 bits per heavy atom. The number of aromatic nitrogens is 3. The Morgan fingerprint density at radius 2 is 1.76 bits per heavy atom. The summed E-state index contributed by atoms with van der Waals surface area (Å²) in [7, 11) is 0. The Hall–Kier alpha value is -1.79. The predicted molar refractivity (Wildman–Crippen MR) is 60.9 cm³/mol. The summed E-state index contributed by atoms with van der Waals surface area (Å²) in [5.41, 5.74) is -1.42. The van der Waals surface area contributed by atoms with Crippen LogP contribution < -0.4 is 11.4 Å². The summed E-state index contributed by atoms with van der Waals surface area (Å²) in [6, 6.07) is 0. The van der Waals surface area contributed by atoms with E-state index in [1.165, 1.54) is 0 Å². The van der Waals surface area contributed by atoms with Gasteiger partial charge in [-0.05, 0) is 11.8 Å². The van der Waals surface area contributed by atoms with Crippen molar-refractivity contribution >= 4 is 5.97 Å². The lowest BCUT2D eigenvalue weighted by Crippen LogP contribution is -2.34. The van der Waals surface area contributed by atoms with Gasteiger partial charge in [-0.3, -0.25) is 4.79 Å². The Kier molecular flexibility index (Phi) is 3.59. The molecule has 96 valence electrons. The normalized spacial score (nSPS) is 13.6. The molecule has 1 atom stereocenters. The molecule has 1 aromatic heterocycles. The van der Waals surface area contributed by atoms with Crippen LogP contribution in [0.3, 0.4) is 0 Å². The maximum Gasteiger partial charge on any atom is 0.344 e. The van der Waals surface area contributed by atoms with Crippen molar-refractivity contribution in [3.63, 3.8) is 0 Å². The van der Waals surface area contributed by atoms with Crippen LogP contribution in [0, 0.1) is 11.3 Å². The van der Waals surface area contributed by atoms with Gasteiger partial charge in [0.2, 0.25) is 0 Å². The van der Waals surface area contributed by atoms with Gasteiger partial charge in [-0.25, -0.2) is 24.4 Å². The minimum absolute atomic E-state index is 0.121. The average molecular weight is 243 g/mol.